The molecule has 0 bridgehead atoms. The van der Waals surface area contributed by atoms with Gasteiger partial charge in [-0.05, 0) is 6.42 Å². The van der Waals surface area contributed by atoms with Crippen LogP contribution in [0, 0.1) is 11.3 Å². The number of methoxy groups -OCH3 is 1. The summed E-state index contributed by atoms with van der Waals surface area (Å²) in [7, 11) is 1.23. The topological polar surface area (TPSA) is 79.2 Å². The minimum Gasteiger partial charge on any atom is -0.467 e. The molecule has 0 heterocycles. The molecule has 1 atom stereocenters. The molecule has 0 aromatic heterocycles. The van der Waals surface area contributed by atoms with Gasteiger partial charge in [-0.3, -0.25) is 4.79 Å². The van der Waals surface area contributed by atoms with E-state index in [-0.39, 0.29) is 12.8 Å². The third-order valence-corrected chi connectivity index (χ3v) is 1.30. The Morgan fingerprint density at radius 3 is 2.92 bits per heavy atom. The molecule has 0 radical (unpaired) electrons. The van der Waals surface area contributed by atoms with Crippen LogP contribution in [0.1, 0.15) is 12.8 Å². The zero-order chi connectivity index (χ0) is 9.40. The first-order valence-electron chi connectivity index (χ1n) is 3.40. The van der Waals surface area contributed by atoms with Crippen LogP contribution in [0.2, 0.25) is 0 Å². The summed E-state index contributed by atoms with van der Waals surface area (Å²) in [5, 5.41) is 10.5. The summed E-state index contributed by atoms with van der Waals surface area (Å²) >= 11 is 0. The van der Waals surface area contributed by atoms with Gasteiger partial charge in [-0.25, -0.2) is 4.79 Å². The highest BCUT2D eigenvalue weighted by Gasteiger charge is 2.16. The lowest BCUT2D eigenvalue weighted by molar-refractivity contribution is -0.144. The smallest absolute Gasteiger partial charge is 0.328 e. The minimum atomic E-state index is -0.702. The third-order valence-electron chi connectivity index (χ3n) is 1.30. The van der Waals surface area contributed by atoms with Crippen molar-refractivity contribution < 1.29 is 14.3 Å². The van der Waals surface area contributed by atoms with Gasteiger partial charge in [0.25, 0.3) is 0 Å². The molecule has 5 nitrogen and oxygen atoms in total. The fourth-order valence-electron chi connectivity index (χ4n) is 0.703. The highest BCUT2D eigenvalue weighted by Crippen LogP contribution is 1.97. The second kappa shape index (κ2) is 6.16. The molecular weight excluding hydrogens is 160 g/mol. The van der Waals surface area contributed by atoms with Crippen LogP contribution in [0.25, 0.3) is 0 Å². The number of ether oxygens (including phenoxy) is 1. The van der Waals surface area contributed by atoms with E-state index in [0.29, 0.717) is 6.41 Å². The molecule has 0 rings (SSSR count). The fourth-order valence-corrected chi connectivity index (χ4v) is 0.703. The zero-order valence-corrected chi connectivity index (χ0v) is 6.74. The van der Waals surface area contributed by atoms with E-state index in [0.717, 1.165) is 0 Å². The molecule has 0 fully saturated rings. The second-order valence-corrected chi connectivity index (χ2v) is 2.06. The molecule has 0 saturated heterocycles. The van der Waals surface area contributed by atoms with Crippen LogP contribution in [-0.2, 0) is 14.3 Å². The molecular formula is C7H10N2O3. The number of rotatable bonds is 5. The maximum atomic E-state index is 10.9. The Kier molecular flexibility index (Phi) is 5.35. The maximum Gasteiger partial charge on any atom is 0.328 e. The predicted molar refractivity (Wildman–Crippen MR) is 39.9 cm³/mol. The number of hydrogen-bond donors (Lipinski definition) is 1. The van der Waals surface area contributed by atoms with E-state index in [2.05, 4.69) is 10.1 Å². The minimum absolute atomic E-state index is 0.209. The predicted octanol–water partition coefficient (Wildman–Crippen LogP) is -0.422. The van der Waals surface area contributed by atoms with Crippen molar-refractivity contribution in [3.63, 3.8) is 0 Å². The van der Waals surface area contributed by atoms with Gasteiger partial charge in [0.1, 0.15) is 6.04 Å². The molecule has 0 aromatic carbocycles. The lowest BCUT2D eigenvalue weighted by Gasteiger charge is -2.10. The van der Waals surface area contributed by atoms with E-state index in [9.17, 15) is 9.59 Å². The number of esters is 1. The average Bonchev–Trinajstić information content (AvgIpc) is 2.11. The zero-order valence-electron chi connectivity index (χ0n) is 6.74. The van der Waals surface area contributed by atoms with Gasteiger partial charge in [-0.15, -0.1) is 0 Å². The Morgan fingerprint density at radius 1 is 1.83 bits per heavy atom. The average molecular weight is 170 g/mol. The van der Waals surface area contributed by atoms with E-state index in [1.807, 2.05) is 6.07 Å². The Hall–Kier alpha value is -1.57. The van der Waals surface area contributed by atoms with Crippen molar-refractivity contribution >= 4 is 12.4 Å². The molecule has 0 aliphatic carbocycles. The van der Waals surface area contributed by atoms with Crippen LogP contribution < -0.4 is 5.32 Å². The number of nitrogens with zero attached hydrogens (tertiary/aromatic N) is 1. The Labute approximate surface area is 70.3 Å². The molecule has 5 heteroatoms. The van der Waals surface area contributed by atoms with Crippen LogP contribution in [0.4, 0.5) is 0 Å². The third kappa shape index (κ3) is 3.56. The van der Waals surface area contributed by atoms with Gasteiger partial charge in [-0.1, -0.05) is 0 Å². The van der Waals surface area contributed by atoms with Gasteiger partial charge in [0.15, 0.2) is 0 Å². The van der Waals surface area contributed by atoms with Gasteiger partial charge in [0, 0.05) is 6.42 Å². The van der Waals surface area contributed by atoms with Crippen LogP contribution in [0.5, 0.6) is 0 Å². The summed E-state index contributed by atoms with van der Waals surface area (Å²) in [6.45, 7) is 0. The first kappa shape index (κ1) is 10.4. The number of hydrogen-bond acceptors (Lipinski definition) is 4. The molecule has 1 unspecified atom stereocenters. The Balaban J connectivity index is 3.95. The van der Waals surface area contributed by atoms with Gasteiger partial charge in [0.2, 0.25) is 6.41 Å². The van der Waals surface area contributed by atoms with Gasteiger partial charge < -0.3 is 10.1 Å². The van der Waals surface area contributed by atoms with Crippen molar-refractivity contribution in [2.45, 2.75) is 18.9 Å². The number of amides is 1. The van der Waals surface area contributed by atoms with E-state index < -0.39 is 12.0 Å². The number of carbonyl (C=O) groups is 2. The van der Waals surface area contributed by atoms with Crippen molar-refractivity contribution in [2.75, 3.05) is 7.11 Å². The lowest BCUT2D eigenvalue weighted by Crippen LogP contribution is -2.36. The van der Waals surface area contributed by atoms with Gasteiger partial charge in [0.05, 0.1) is 13.2 Å². The van der Waals surface area contributed by atoms with Crippen molar-refractivity contribution in [3.05, 3.63) is 0 Å². The van der Waals surface area contributed by atoms with Gasteiger partial charge in [-0.2, -0.15) is 5.26 Å². The molecule has 0 aliphatic heterocycles. The monoisotopic (exact) mass is 170 g/mol. The summed E-state index contributed by atoms with van der Waals surface area (Å²) in [5.41, 5.74) is 0. The standard InChI is InChI=1S/C7H10N2O3/c1-12-7(11)6(9-5-10)3-2-4-8/h5-6H,2-3H2,1H3,(H,9,10). The summed E-state index contributed by atoms with van der Waals surface area (Å²) in [5.74, 6) is -0.530. The normalized spacial score (nSPS) is 11.0. The quantitative estimate of drug-likeness (QED) is 0.449. The van der Waals surface area contributed by atoms with E-state index >= 15 is 0 Å². The van der Waals surface area contributed by atoms with Crippen LogP contribution in [-0.4, -0.2) is 25.5 Å². The molecule has 0 spiro atoms. The van der Waals surface area contributed by atoms with Crippen LogP contribution in [0.3, 0.4) is 0 Å². The van der Waals surface area contributed by atoms with Crippen molar-refractivity contribution in [3.8, 4) is 6.07 Å². The van der Waals surface area contributed by atoms with E-state index in [1.54, 1.807) is 0 Å². The first-order chi connectivity index (χ1) is 5.76. The number of carbonyl (C=O) groups excluding carboxylic acids is 2. The van der Waals surface area contributed by atoms with E-state index in [4.69, 9.17) is 5.26 Å². The Morgan fingerprint density at radius 2 is 2.50 bits per heavy atom. The van der Waals surface area contributed by atoms with Crippen molar-refractivity contribution in [1.29, 1.82) is 5.26 Å². The molecule has 1 amide bonds. The highest BCUT2D eigenvalue weighted by atomic mass is 16.5. The molecule has 0 aliphatic rings. The molecule has 12 heavy (non-hydrogen) atoms. The van der Waals surface area contributed by atoms with E-state index in [1.165, 1.54) is 7.11 Å². The number of nitrogens with one attached hydrogen (secondary N) is 1. The maximum absolute atomic E-state index is 10.9. The van der Waals surface area contributed by atoms with Gasteiger partial charge >= 0.3 is 5.97 Å². The summed E-state index contributed by atoms with van der Waals surface area (Å²) in [4.78, 5) is 20.9. The highest BCUT2D eigenvalue weighted by molar-refractivity contribution is 5.77. The van der Waals surface area contributed by atoms with Crippen molar-refractivity contribution in [1.82, 2.24) is 5.32 Å². The molecule has 66 valence electrons. The van der Waals surface area contributed by atoms with Crippen molar-refractivity contribution in [2.24, 2.45) is 0 Å². The molecule has 1 N–H and O–H groups in total. The summed E-state index contributed by atoms with van der Waals surface area (Å²) in [6, 6.07) is 1.17. The fraction of sp³-hybridized carbons (Fsp3) is 0.571. The molecule has 0 saturated carbocycles. The van der Waals surface area contributed by atoms with Crippen LogP contribution >= 0.6 is 0 Å². The summed E-state index contributed by atoms with van der Waals surface area (Å²) < 4.78 is 4.39. The number of nitriles is 1. The Bertz CT molecular complexity index is 197. The van der Waals surface area contributed by atoms with Crippen LogP contribution in [0.15, 0.2) is 0 Å². The second-order valence-electron chi connectivity index (χ2n) is 2.06. The largest absolute Gasteiger partial charge is 0.467 e. The SMILES string of the molecule is COC(=O)C(CCC#N)NC=O. The summed E-state index contributed by atoms with van der Waals surface area (Å²) in [6.07, 6.45) is 0.904. The molecule has 0 aromatic rings. The lowest BCUT2D eigenvalue weighted by atomic mass is 10.2. The first-order valence-corrected chi connectivity index (χ1v) is 3.40.